The van der Waals surface area contributed by atoms with Gasteiger partial charge in [0.25, 0.3) is 0 Å². The van der Waals surface area contributed by atoms with Crippen molar-refractivity contribution in [2.24, 2.45) is 5.41 Å². The molecule has 4 heteroatoms. The van der Waals surface area contributed by atoms with E-state index in [1.165, 1.54) is 5.56 Å². The minimum absolute atomic E-state index is 0.0324. The molecule has 0 saturated carbocycles. The minimum atomic E-state index is -0.464. The average Bonchev–Trinajstić information content (AvgIpc) is 2.46. The number of rotatable bonds is 2. The number of ether oxygens (including phenoxy) is 2. The summed E-state index contributed by atoms with van der Waals surface area (Å²) in [5, 5.41) is 10.9. The third-order valence-corrected chi connectivity index (χ3v) is 4.89. The quantitative estimate of drug-likeness (QED) is 0.911. The van der Waals surface area contributed by atoms with Gasteiger partial charge in [0.15, 0.2) is 6.29 Å². The van der Waals surface area contributed by atoms with Crippen LogP contribution in [0.1, 0.15) is 37.8 Å². The molecule has 21 heavy (non-hydrogen) atoms. The molecule has 0 bridgehead atoms. The number of aliphatic hydroxyl groups is 1. The van der Waals surface area contributed by atoms with Crippen LogP contribution in [0, 0.1) is 5.41 Å². The molecule has 3 nitrogen and oxygen atoms in total. The third-order valence-electron chi connectivity index (χ3n) is 4.66. The van der Waals surface area contributed by atoms with Crippen LogP contribution in [0.2, 0.25) is 5.02 Å². The van der Waals surface area contributed by atoms with Gasteiger partial charge in [-0.2, -0.15) is 0 Å². The maximum Gasteiger partial charge on any atom is 0.169 e. The molecular formula is C17H23ClO3. The number of hydrogen-bond acceptors (Lipinski definition) is 3. The lowest BCUT2D eigenvalue weighted by Crippen LogP contribution is -2.53. The molecule has 0 radical (unpaired) electrons. The highest BCUT2D eigenvalue weighted by Crippen LogP contribution is 2.44. The van der Waals surface area contributed by atoms with Crippen molar-refractivity contribution in [1.82, 2.24) is 0 Å². The van der Waals surface area contributed by atoms with E-state index in [4.69, 9.17) is 21.1 Å². The maximum atomic E-state index is 10.1. The lowest BCUT2D eigenvalue weighted by Gasteiger charge is -2.47. The summed E-state index contributed by atoms with van der Waals surface area (Å²) in [6.45, 7) is 5.60. The van der Waals surface area contributed by atoms with Gasteiger partial charge in [0.05, 0.1) is 25.2 Å². The zero-order valence-electron chi connectivity index (χ0n) is 12.7. The Hall–Kier alpha value is -0.610. The molecule has 1 aromatic rings. The van der Waals surface area contributed by atoms with Gasteiger partial charge in [-0.15, -0.1) is 0 Å². The zero-order valence-corrected chi connectivity index (χ0v) is 13.4. The highest BCUT2D eigenvalue weighted by molar-refractivity contribution is 6.30. The van der Waals surface area contributed by atoms with Crippen molar-refractivity contribution in [3.05, 3.63) is 34.3 Å². The first-order valence-corrected chi connectivity index (χ1v) is 7.98. The van der Waals surface area contributed by atoms with Crippen molar-refractivity contribution in [1.29, 1.82) is 0 Å². The Balaban J connectivity index is 1.95. The number of benzene rings is 1. The van der Waals surface area contributed by atoms with E-state index in [2.05, 4.69) is 13.8 Å². The molecule has 1 fully saturated rings. The highest BCUT2D eigenvalue weighted by atomic mass is 35.5. The average molecular weight is 311 g/mol. The summed E-state index contributed by atoms with van der Waals surface area (Å²) >= 11 is 6.11. The van der Waals surface area contributed by atoms with E-state index < -0.39 is 5.41 Å². The van der Waals surface area contributed by atoms with Gasteiger partial charge in [0.1, 0.15) is 0 Å². The molecule has 0 unspecified atom stereocenters. The zero-order chi connectivity index (χ0) is 15.1. The molecule has 0 spiro atoms. The standard InChI is InChI=1S/C17H23ClO3/c1-16(2)10-20-15(21-11-16)17(9-19)7-3-4-12-8-13(18)5-6-14(12)17/h5-6,8,15,19H,3-4,7,9-11H2,1-2H3/t17-/m0/s1. The van der Waals surface area contributed by atoms with Crippen molar-refractivity contribution in [2.75, 3.05) is 19.8 Å². The molecule has 3 rings (SSSR count). The third kappa shape index (κ3) is 2.72. The first-order valence-electron chi connectivity index (χ1n) is 7.60. The van der Waals surface area contributed by atoms with Crippen molar-refractivity contribution >= 4 is 11.6 Å². The molecule has 1 heterocycles. The van der Waals surface area contributed by atoms with Crippen LogP contribution in [0.5, 0.6) is 0 Å². The summed E-state index contributed by atoms with van der Waals surface area (Å²) in [6, 6.07) is 5.93. The van der Waals surface area contributed by atoms with Gasteiger partial charge in [-0.3, -0.25) is 0 Å². The number of aryl methyl sites for hydroxylation is 1. The lowest BCUT2D eigenvalue weighted by atomic mass is 9.69. The molecule has 0 aromatic heterocycles. The molecule has 116 valence electrons. The fourth-order valence-electron chi connectivity index (χ4n) is 3.48. The first-order chi connectivity index (χ1) is 9.97. The summed E-state index contributed by atoms with van der Waals surface area (Å²) in [6.07, 6.45) is 2.51. The molecule has 0 amide bonds. The van der Waals surface area contributed by atoms with Crippen molar-refractivity contribution < 1.29 is 14.6 Å². The predicted molar refractivity (Wildman–Crippen MR) is 82.6 cm³/mol. The van der Waals surface area contributed by atoms with Crippen molar-refractivity contribution in [3.8, 4) is 0 Å². The van der Waals surface area contributed by atoms with Gasteiger partial charge in [-0.25, -0.2) is 0 Å². The van der Waals surface area contributed by atoms with Gasteiger partial charge >= 0.3 is 0 Å². The second-order valence-corrected chi connectivity index (χ2v) is 7.52. The molecule has 1 N–H and O–H groups in total. The normalized spacial score (nSPS) is 29.1. The van der Waals surface area contributed by atoms with Crippen LogP contribution in [0.3, 0.4) is 0 Å². The van der Waals surface area contributed by atoms with Crippen LogP contribution in [0.4, 0.5) is 0 Å². The lowest BCUT2D eigenvalue weighted by molar-refractivity contribution is -0.258. The molecule has 1 aliphatic heterocycles. The van der Waals surface area contributed by atoms with E-state index in [0.717, 1.165) is 29.8 Å². The summed E-state index contributed by atoms with van der Waals surface area (Å²) in [7, 11) is 0. The second kappa shape index (κ2) is 5.54. The van der Waals surface area contributed by atoms with Crippen molar-refractivity contribution in [2.45, 2.75) is 44.8 Å². The second-order valence-electron chi connectivity index (χ2n) is 7.09. The molecule has 1 aromatic carbocycles. The Morgan fingerprint density at radius 1 is 1.29 bits per heavy atom. The van der Waals surface area contributed by atoms with Crippen LogP contribution >= 0.6 is 11.6 Å². The largest absolute Gasteiger partial charge is 0.395 e. The van der Waals surface area contributed by atoms with E-state index in [1.54, 1.807) is 0 Å². The van der Waals surface area contributed by atoms with Crippen molar-refractivity contribution in [3.63, 3.8) is 0 Å². The van der Waals surface area contributed by atoms with Gasteiger partial charge in [0, 0.05) is 10.4 Å². The monoisotopic (exact) mass is 310 g/mol. The topological polar surface area (TPSA) is 38.7 Å². The van der Waals surface area contributed by atoms with Crippen LogP contribution in [-0.2, 0) is 21.3 Å². The number of fused-ring (bicyclic) bond motifs is 1. The van der Waals surface area contributed by atoms with Gasteiger partial charge < -0.3 is 14.6 Å². The molecule has 1 saturated heterocycles. The van der Waals surface area contributed by atoms with Crippen LogP contribution < -0.4 is 0 Å². The smallest absolute Gasteiger partial charge is 0.169 e. The number of hydrogen-bond donors (Lipinski definition) is 1. The van der Waals surface area contributed by atoms with Crippen LogP contribution in [0.25, 0.3) is 0 Å². The molecule has 1 aliphatic carbocycles. The predicted octanol–water partition coefficient (Wildman–Crippen LogP) is 3.31. The Bertz CT molecular complexity index is 519. The summed E-state index contributed by atoms with van der Waals surface area (Å²) in [5.41, 5.74) is 1.91. The van der Waals surface area contributed by atoms with Crippen LogP contribution in [-0.4, -0.2) is 31.2 Å². The molecular weight excluding hydrogens is 288 g/mol. The van der Waals surface area contributed by atoms with E-state index in [1.807, 2.05) is 18.2 Å². The Morgan fingerprint density at radius 3 is 2.67 bits per heavy atom. The van der Waals surface area contributed by atoms with Gasteiger partial charge in [-0.05, 0) is 42.5 Å². The maximum absolute atomic E-state index is 10.1. The van der Waals surface area contributed by atoms with Gasteiger partial charge in [0.2, 0.25) is 0 Å². The fraction of sp³-hybridized carbons (Fsp3) is 0.647. The number of aliphatic hydroxyl groups excluding tert-OH is 1. The van der Waals surface area contributed by atoms with Gasteiger partial charge in [-0.1, -0.05) is 31.5 Å². The van der Waals surface area contributed by atoms with E-state index in [0.29, 0.717) is 13.2 Å². The highest BCUT2D eigenvalue weighted by Gasteiger charge is 2.47. The Kier molecular flexibility index (Phi) is 4.04. The Morgan fingerprint density at radius 2 is 2.00 bits per heavy atom. The first kappa shape index (κ1) is 15.3. The fourth-order valence-corrected chi connectivity index (χ4v) is 3.67. The van der Waals surface area contributed by atoms with E-state index >= 15 is 0 Å². The van der Waals surface area contributed by atoms with Crippen LogP contribution in [0.15, 0.2) is 18.2 Å². The molecule has 2 aliphatic rings. The number of halogens is 1. The summed E-state index contributed by atoms with van der Waals surface area (Å²) < 4.78 is 12.0. The van der Waals surface area contributed by atoms with E-state index in [9.17, 15) is 5.11 Å². The Labute approximate surface area is 131 Å². The SMILES string of the molecule is CC1(C)COC([C@]2(CO)CCCc3cc(Cl)ccc32)OC1. The summed E-state index contributed by atoms with van der Waals surface area (Å²) in [4.78, 5) is 0. The summed E-state index contributed by atoms with van der Waals surface area (Å²) in [5.74, 6) is 0. The minimum Gasteiger partial charge on any atom is -0.395 e. The van der Waals surface area contributed by atoms with E-state index in [-0.39, 0.29) is 18.3 Å². The molecule has 1 atom stereocenters.